The molecule has 1 unspecified atom stereocenters. The van der Waals surface area contributed by atoms with E-state index < -0.39 is 0 Å². The van der Waals surface area contributed by atoms with Gasteiger partial charge in [0.15, 0.2) is 5.58 Å². The van der Waals surface area contributed by atoms with E-state index in [1.54, 1.807) is 0 Å². The molecule has 0 saturated heterocycles. The lowest BCUT2D eigenvalue weighted by Crippen LogP contribution is -2.28. The molecule has 0 bridgehead atoms. The van der Waals surface area contributed by atoms with Crippen molar-refractivity contribution in [2.45, 2.75) is 19.0 Å². The molecule has 0 saturated carbocycles. The van der Waals surface area contributed by atoms with Gasteiger partial charge in [-0.3, -0.25) is 0 Å². The van der Waals surface area contributed by atoms with Gasteiger partial charge in [-0.25, -0.2) is 4.98 Å². The van der Waals surface area contributed by atoms with Gasteiger partial charge in [0.05, 0.1) is 6.04 Å². The lowest BCUT2D eigenvalue weighted by Gasteiger charge is -2.23. The number of oxazole rings is 1. The average Bonchev–Trinajstić information content (AvgIpc) is 2.89. The summed E-state index contributed by atoms with van der Waals surface area (Å²) < 4.78 is 6.90. The summed E-state index contributed by atoms with van der Waals surface area (Å²) in [6, 6.07) is 14.6. The largest absolute Gasteiger partial charge is 0.439 e. The monoisotopic (exact) mass is 328 g/mol. The van der Waals surface area contributed by atoms with Crippen molar-refractivity contribution in [1.29, 1.82) is 0 Å². The zero-order valence-electron chi connectivity index (χ0n) is 10.8. The van der Waals surface area contributed by atoms with Crippen molar-refractivity contribution >= 4 is 27.0 Å². The lowest BCUT2D eigenvalue weighted by molar-refractivity contribution is 0.395. The molecule has 2 heterocycles. The van der Waals surface area contributed by atoms with Gasteiger partial charge in [-0.15, -0.1) is 0 Å². The van der Waals surface area contributed by atoms with E-state index in [0.29, 0.717) is 0 Å². The number of rotatable bonds is 1. The van der Waals surface area contributed by atoms with E-state index in [0.717, 1.165) is 34.4 Å². The van der Waals surface area contributed by atoms with Crippen molar-refractivity contribution in [3.05, 3.63) is 64.0 Å². The topological polar surface area (TPSA) is 38.1 Å². The fourth-order valence-corrected chi connectivity index (χ4v) is 3.05. The molecule has 0 radical (unpaired) electrons. The second-order valence-corrected chi connectivity index (χ2v) is 5.99. The molecule has 100 valence electrons. The number of fused-ring (bicyclic) bond motifs is 2. The molecule has 1 aromatic heterocycles. The number of halogens is 1. The van der Waals surface area contributed by atoms with Crippen LogP contribution in [0.3, 0.4) is 0 Å². The van der Waals surface area contributed by atoms with Gasteiger partial charge in [0.1, 0.15) is 5.52 Å². The molecule has 0 amide bonds. The van der Waals surface area contributed by atoms with E-state index in [2.05, 4.69) is 50.5 Å². The van der Waals surface area contributed by atoms with Crippen LogP contribution >= 0.6 is 15.9 Å². The standard InChI is InChI=1S/C16H13BrN2O/c17-12-5-6-15-13(8-12)19-16(20-15)14-7-10-3-1-2-4-11(10)9-18-14/h1-6,8,14,18H,7,9H2. The van der Waals surface area contributed by atoms with Crippen molar-refractivity contribution in [3.8, 4) is 0 Å². The Morgan fingerprint density at radius 1 is 1.15 bits per heavy atom. The van der Waals surface area contributed by atoms with Crippen LogP contribution in [0.15, 0.2) is 51.4 Å². The highest BCUT2D eigenvalue weighted by Gasteiger charge is 2.23. The van der Waals surface area contributed by atoms with Gasteiger partial charge in [0, 0.05) is 11.0 Å². The van der Waals surface area contributed by atoms with Crippen LogP contribution in [0.2, 0.25) is 0 Å². The Morgan fingerprint density at radius 3 is 2.90 bits per heavy atom. The molecule has 0 aliphatic carbocycles. The summed E-state index contributed by atoms with van der Waals surface area (Å²) in [6.45, 7) is 0.864. The Labute approximate surface area is 125 Å². The van der Waals surface area contributed by atoms with Gasteiger partial charge in [0.25, 0.3) is 0 Å². The fourth-order valence-electron chi connectivity index (χ4n) is 2.70. The molecule has 4 rings (SSSR count). The molecule has 1 aliphatic rings. The van der Waals surface area contributed by atoms with Gasteiger partial charge in [-0.1, -0.05) is 40.2 Å². The predicted molar refractivity (Wildman–Crippen MR) is 81.4 cm³/mol. The highest BCUT2D eigenvalue weighted by atomic mass is 79.9. The third kappa shape index (κ3) is 2.05. The molecular weight excluding hydrogens is 316 g/mol. The van der Waals surface area contributed by atoms with Gasteiger partial charge < -0.3 is 9.73 Å². The first-order valence-corrected chi connectivity index (χ1v) is 7.45. The normalized spacial score (nSPS) is 18.1. The van der Waals surface area contributed by atoms with Crippen LogP contribution in [0.5, 0.6) is 0 Å². The maximum atomic E-state index is 5.88. The zero-order chi connectivity index (χ0) is 13.5. The maximum Gasteiger partial charge on any atom is 0.212 e. The van der Waals surface area contributed by atoms with Crippen LogP contribution in [-0.4, -0.2) is 4.98 Å². The van der Waals surface area contributed by atoms with Gasteiger partial charge in [0.2, 0.25) is 5.89 Å². The molecule has 1 N–H and O–H groups in total. The van der Waals surface area contributed by atoms with Crippen LogP contribution in [-0.2, 0) is 13.0 Å². The number of nitrogens with one attached hydrogen (secondary N) is 1. The third-order valence-electron chi connectivity index (χ3n) is 3.75. The second kappa shape index (κ2) is 4.72. The third-order valence-corrected chi connectivity index (χ3v) is 4.24. The van der Waals surface area contributed by atoms with Crippen LogP contribution in [0.1, 0.15) is 23.1 Å². The highest BCUT2D eigenvalue weighted by Crippen LogP contribution is 2.28. The quantitative estimate of drug-likeness (QED) is 0.734. The van der Waals surface area contributed by atoms with Gasteiger partial charge in [-0.05, 0) is 35.7 Å². The Hall–Kier alpha value is -1.65. The van der Waals surface area contributed by atoms with E-state index in [4.69, 9.17) is 4.42 Å². The summed E-state index contributed by atoms with van der Waals surface area (Å²) in [5.41, 5.74) is 4.47. The smallest absolute Gasteiger partial charge is 0.212 e. The molecule has 1 atom stereocenters. The molecule has 3 nitrogen and oxygen atoms in total. The van der Waals surface area contributed by atoms with E-state index in [1.165, 1.54) is 11.1 Å². The van der Waals surface area contributed by atoms with Crippen molar-refractivity contribution < 1.29 is 4.42 Å². The Balaban J connectivity index is 1.70. The first-order chi connectivity index (χ1) is 9.79. The summed E-state index contributed by atoms with van der Waals surface area (Å²) in [5, 5.41) is 3.50. The lowest BCUT2D eigenvalue weighted by atomic mass is 9.96. The first-order valence-electron chi connectivity index (χ1n) is 6.66. The van der Waals surface area contributed by atoms with Crippen LogP contribution in [0.4, 0.5) is 0 Å². The molecular formula is C16H13BrN2O. The van der Waals surface area contributed by atoms with Crippen molar-refractivity contribution in [2.24, 2.45) is 0 Å². The van der Waals surface area contributed by atoms with Gasteiger partial charge >= 0.3 is 0 Å². The van der Waals surface area contributed by atoms with E-state index in [-0.39, 0.29) is 6.04 Å². The number of hydrogen-bond donors (Lipinski definition) is 1. The zero-order valence-corrected chi connectivity index (χ0v) is 12.4. The Kier molecular flexibility index (Phi) is 2.86. The molecule has 0 spiro atoms. The number of aromatic nitrogens is 1. The Morgan fingerprint density at radius 2 is 2.00 bits per heavy atom. The average molecular weight is 329 g/mol. The molecule has 0 fully saturated rings. The summed E-state index contributed by atoms with van der Waals surface area (Å²) in [5.74, 6) is 0.771. The minimum absolute atomic E-state index is 0.149. The van der Waals surface area contributed by atoms with Crippen LogP contribution < -0.4 is 5.32 Å². The summed E-state index contributed by atoms with van der Waals surface area (Å²) in [4.78, 5) is 4.61. The van der Waals surface area contributed by atoms with E-state index in [1.807, 2.05) is 18.2 Å². The molecule has 3 aromatic rings. The summed E-state index contributed by atoms with van der Waals surface area (Å²) in [6.07, 6.45) is 0.921. The summed E-state index contributed by atoms with van der Waals surface area (Å²) >= 11 is 3.46. The van der Waals surface area contributed by atoms with Crippen molar-refractivity contribution in [1.82, 2.24) is 10.3 Å². The molecule has 1 aliphatic heterocycles. The summed E-state index contributed by atoms with van der Waals surface area (Å²) in [7, 11) is 0. The molecule has 20 heavy (non-hydrogen) atoms. The van der Waals surface area contributed by atoms with Crippen molar-refractivity contribution in [2.75, 3.05) is 0 Å². The van der Waals surface area contributed by atoms with Gasteiger partial charge in [-0.2, -0.15) is 0 Å². The minimum atomic E-state index is 0.149. The second-order valence-electron chi connectivity index (χ2n) is 5.07. The predicted octanol–water partition coefficient (Wildman–Crippen LogP) is 3.98. The maximum absolute atomic E-state index is 5.88. The van der Waals surface area contributed by atoms with E-state index >= 15 is 0 Å². The highest BCUT2D eigenvalue weighted by molar-refractivity contribution is 9.10. The minimum Gasteiger partial charge on any atom is -0.439 e. The van der Waals surface area contributed by atoms with Crippen LogP contribution in [0.25, 0.3) is 11.1 Å². The fraction of sp³-hybridized carbons (Fsp3) is 0.188. The Bertz CT molecular complexity index is 781. The van der Waals surface area contributed by atoms with Crippen LogP contribution in [0, 0.1) is 0 Å². The van der Waals surface area contributed by atoms with E-state index in [9.17, 15) is 0 Å². The number of hydrogen-bond acceptors (Lipinski definition) is 3. The number of benzene rings is 2. The first kappa shape index (κ1) is 12.1. The molecule has 4 heteroatoms. The molecule has 2 aromatic carbocycles. The SMILES string of the molecule is Brc1ccc2oc(C3Cc4ccccc4CN3)nc2c1. The van der Waals surface area contributed by atoms with Crippen molar-refractivity contribution in [3.63, 3.8) is 0 Å². The number of nitrogens with zero attached hydrogens (tertiary/aromatic N) is 1.